The molecule has 1 atom stereocenters. The van der Waals surface area contributed by atoms with Crippen molar-refractivity contribution in [3.05, 3.63) is 65.9 Å². The Morgan fingerprint density at radius 3 is 2.42 bits per heavy atom. The van der Waals surface area contributed by atoms with E-state index in [1.165, 1.54) is 0 Å². The van der Waals surface area contributed by atoms with Gasteiger partial charge >= 0.3 is 0 Å². The van der Waals surface area contributed by atoms with Crippen LogP contribution >= 0.6 is 0 Å². The second-order valence-corrected chi connectivity index (χ2v) is 10.1. The normalized spacial score (nSPS) is 17.0. The second-order valence-electron chi connectivity index (χ2n) is 7.87. The lowest BCUT2D eigenvalue weighted by molar-refractivity contribution is 0.0670. The fourth-order valence-corrected chi connectivity index (χ4v) is 5.59. The van der Waals surface area contributed by atoms with Gasteiger partial charge in [-0.2, -0.15) is 0 Å². The molecule has 1 amide bonds. The molecule has 2 aromatic carbocycles. The van der Waals surface area contributed by atoms with E-state index < -0.39 is 15.9 Å². The summed E-state index contributed by atoms with van der Waals surface area (Å²) < 4.78 is 40.3. The number of hydrogen-bond donors (Lipinski definition) is 0. The lowest BCUT2D eigenvalue weighted by Gasteiger charge is -2.27. The number of hydrogen-bond acceptors (Lipinski definition) is 7. The molecule has 0 N–H and O–H groups in total. The summed E-state index contributed by atoms with van der Waals surface area (Å²) in [6.45, 7) is 2.73. The quantitative estimate of drug-likeness (QED) is 0.496. The number of carbonyl (C=O) groups is 1. The minimum absolute atomic E-state index is 0.0566. The smallest absolute Gasteiger partial charge is 0.276 e. The number of nitrogens with zero attached hydrogens (tertiary/aromatic N) is 2. The fraction of sp³-hybridized carbons (Fsp3) is 0.333. The highest BCUT2D eigenvalue weighted by atomic mass is 32.2. The van der Waals surface area contributed by atoms with E-state index in [-0.39, 0.29) is 29.7 Å². The third kappa shape index (κ3) is 5.36. The molecule has 0 radical (unpaired) electrons. The number of benzene rings is 2. The first-order valence-corrected chi connectivity index (χ1v) is 12.5. The summed E-state index contributed by atoms with van der Waals surface area (Å²) in [5.74, 6) is 1.54. The van der Waals surface area contributed by atoms with Crippen molar-refractivity contribution in [2.45, 2.75) is 25.9 Å². The summed E-state index contributed by atoms with van der Waals surface area (Å²) in [5.41, 5.74) is 1.76. The molecule has 1 aliphatic heterocycles. The van der Waals surface area contributed by atoms with E-state index >= 15 is 0 Å². The zero-order valence-corrected chi connectivity index (χ0v) is 19.4. The first kappa shape index (κ1) is 22.8. The van der Waals surface area contributed by atoms with Crippen molar-refractivity contribution < 1.29 is 27.2 Å². The van der Waals surface area contributed by atoms with Crippen LogP contribution in [0.15, 0.2) is 59.1 Å². The number of carbonyl (C=O) groups excluding carboxylic acids is 1. The van der Waals surface area contributed by atoms with Crippen molar-refractivity contribution in [1.82, 2.24) is 10.1 Å². The van der Waals surface area contributed by atoms with Gasteiger partial charge in [0.1, 0.15) is 11.5 Å². The zero-order valence-electron chi connectivity index (χ0n) is 18.6. The maximum absolute atomic E-state index is 13.4. The summed E-state index contributed by atoms with van der Waals surface area (Å²) in [5, 5.41) is 3.98. The summed E-state index contributed by atoms with van der Waals surface area (Å²) in [7, 11) is -1.59. The Bertz CT molecular complexity index is 1200. The third-order valence-corrected chi connectivity index (χ3v) is 7.35. The highest BCUT2D eigenvalue weighted by Gasteiger charge is 2.36. The molecule has 1 aromatic heterocycles. The summed E-state index contributed by atoms with van der Waals surface area (Å²) in [4.78, 5) is 15.0. The summed E-state index contributed by atoms with van der Waals surface area (Å²) in [6, 6.07) is 15.8. The molecule has 3 aromatic rings. The van der Waals surface area contributed by atoms with Gasteiger partial charge in [0.15, 0.2) is 21.3 Å². The highest BCUT2D eigenvalue weighted by Crippen LogP contribution is 2.26. The Labute approximate surface area is 193 Å². The van der Waals surface area contributed by atoms with Gasteiger partial charge in [0.25, 0.3) is 5.91 Å². The molecule has 33 heavy (non-hydrogen) atoms. The molecule has 0 aliphatic carbocycles. The van der Waals surface area contributed by atoms with Gasteiger partial charge in [-0.25, -0.2) is 8.42 Å². The number of methoxy groups -OCH3 is 1. The van der Waals surface area contributed by atoms with Gasteiger partial charge in [-0.3, -0.25) is 4.79 Å². The van der Waals surface area contributed by atoms with Crippen LogP contribution in [0.2, 0.25) is 0 Å². The standard InChI is InChI=1S/C24H26N2O6S/c1-3-31-21-8-4-17(5-9-21)15-26(19-12-13-33(28,29)16-19)24(27)22-14-23(32-25-22)18-6-10-20(30-2)11-7-18/h4-11,14,19H,3,12-13,15-16H2,1-2H3/t19-/m1/s1. The molecule has 2 heterocycles. The monoisotopic (exact) mass is 470 g/mol. The van der Waals surface area contributed by atoms with Crippen LogP contribution in [0.5, 0.6) is 11.5 Å². The topological polar surface area (TPSA) is 98.9 Å². The SMILES string of the molecule is CCOc1ccc(CN(C(=O)c2cc(-c3ccc(OC)cc3)on2)[C@@H]2CCS(=O)(=O)C2)cc1. The van der Waals surface area contributed by atoms with Gasteiger partial charge in [0.2, 0.25) is 0 Å². The first-order chi connectivity index (χ1) is 15.9. The van der Waals surface area contributed by atoms with E-state index in [1.807, 2.05) is 43.3 Å². The van der Waals surface area contributed by atoms with Gasteiger partial charge in [0.05, 0.1) is 25.2 Å². The van der Waals surface area contributed by atoms with E-state index in [4.69, 9.17) is 14.0 Å². The average molecular weight is 471 g/mol. The van der Waals surface area contributed by atoms with Crippen molar-refractivity contribution >= 4 is 15.7 Å². The molecule has 4 rings (SSSR count). The van der Waals surface area contributed by atoms with Crippen LogP contribution in [0.3, 0.4) is 0 Å². The molecule has 0 unspecified atom stereocenters. The molecule has 8 nitrogen and oxygen atoms in total. The van der Waals surface area contributed by atoms with Crippen LogP contribution in [-0.4, -0.2) is 55.6 Å². The van der Waals surface area contributed by atoms with Gasteiger partial charge in [-0.15, -0.1) is 0 Å². The molecule has 1 aliphatic rings. The van der Waals surface area contributed by atoms with Crippen LogP contribution in [0, 0.1) is 0 Å². The Morgan fingerprint density at radius 2 is 1.82 bits per heavy atom. The Hall–Kier alpha value is -3.33. The maximum atomic E-state index is 13.4. The molecule has 0 saturated carbocycles. The molecule has 1 saturated heterocycles. The molecule has 0 bridgehead atoms. The Balaban J connectivity index is 1.58. The highest BCUT2D eigenvalue weighted by molar-refractivity contribution is 7.91. The third-order valence-electron chi connectivity index (χ3n) is 5.60. The van der Waals surface area contributed by atoms with Crippen LogP contribution in [0.25, 0.3) is 11.3 Å². The van der Waals surface area contributed by atoms with Crippen LogP contribution in [0.4, 0.5) is 0 Å². The summed E-state index contributed by atoms with van der Waals surface area (Å²) >= 11 is 0. The van der Waals surface area contributed by atoms with Gasteiger partial charge < -0.3 is 18.9 Å². The summed E-state index contributed by atoms with van der Waals surface area (Å²) in [6.07, 6.45) is 0.397. The Kier molecular flexibility index (Phi) is 6.69. The molecule has 9 heteroatoms. The predicted octanol–water partition coefficient (Wildman–Crippen LogP) is 3.58. The van der Waals surface area contributed by atoms with Crippen molar-refractivity contribution in [2.75, 3.05) is 25.2 Å². The van der Waals surface area contributed by atoms with Crippen molar-refractivity contribution in [3.63, 3.8) is 0 Å². The molecular formula is C24H26N2O6S. The van der Waals surface area contributed by atoms with Crippen LogP contribution < -0.4 is 9.47 Å². The van der Waals surface area contributed by atoms with Crippen molar-refractivity contribution in [1.29, 1.82) is 0 Å². The van der Waals surface area contributed by atoms with Gasteiger partial charge in [-0.1, -0.05) is 17.3 Å². The van der Waals surface area contributed by atoms with Crippen LogP contribution in [0.1, 0.15) is 29.4 Å². The van der Waals surface area contributed by atoms with E-state index in [0.717, 1.165) is 16.9 Å². The van der Waals surface area contributed by atoms with Crippen molar-refractivity contribution in [2.24, 2.45) is 0 Å². The number of sulfone groups is 1. The van der Waals surface area contributed by atoms with E-state index in [2.05, 4.69) is 5.16 Å². The Morgan fingerprint density at radius 1 is 1.12 bits per heavy atom. The molecule has 1 fully saturated rings. The maximum Gasteiger partial charge on any atom is 0.276 e. The largest absolute Gasteiger partial charge is 0.497 e. The molecular weight excluding hydrogens is 444 g/mol. The minimum atomic E-state index is -3.18. The number of amides is 1. The predicted molar refractivity (Wildman–Crippen MR) is 123 cm³/mol. The number of aromatic nitrogens is 1. The van der Waals surface area contributed by atoms with E-state index in [9.17, 15) is 13.2 Å². The first-order valence-electron chi connectivity index (χ1n) is 10.7. The van der Waals surface area contributed by atoms with Gasteiger partial charge in [0, 0.05) is 24.2 Å². The van der Waals surface area contributed by atoms with Crippen molar-refractivity contribution in [3.8, 4) is 22.8 Å². The van der Waals surface area contributed by atoms with E-state index in [1.54, 1.807) is 30.2 Å². The lowest BCUT2D eigenvalue weighted by Crippen LogP contribution is -2.40. The fourth-order valence-electron chi connectivity index (χ4n) is 3.86. The van der Waals surface area contributed by atoms with Gasteiger partial charge in [-0.05, 0) is 55.3 Å². The average Bonchev–Trinajstić information content (AvgIpc) is 3.45. The number of rotatable bonds is 8. The molecule has 0 spiro atoms. The number of ether oxygens (including phenoxy) is 2. The lowest BCUT2D eigenvalue weighted by atomic mass is 10.1. The van der Waals surface area contributed by atoms with E-state index in [0.29, 0.717) is 24.5 Å². The minimum Gasteiger partial charge on any atom is -0.497 e. The molecule has 174 valence electrons. The zero-order chi connectivity index (χ0) is 23.4. The van der Waals surface area contributed by atoms with Crippen LogP contribution in [-0.2, 0) is 16.4 Å². The second kappa shape index (κ2) is 9.66.